The fraction of sp³-hybridized carbons (Fsp3) is 0.462. The van der Waals surface area contributed by atoms with Gasteiger partial charge in [-0.25, -0.2) is 0 Å². The third-order valence-corrected chi connectivity index (χ3v) is 2.94. The second-order valence-electron chi connectivity index (χ2n) is 4.16. The highest BCUT2D eigenvalue weighted by molar-refractivity contribution is 5.77. The summed E-state index contributed by atoms with van der Waals surface area (Å²) in [6, 6.07) is 3.59. The molecule has 1 unspecified atom stereocenters. The van der Waals surface area contributed by atoms with Gasteiger partial charge in [0.2, 0.25) is 0 Å². The second-order valence-corrected chi connectivity index (χ2v) is 4.16. The van der Waals surface area contributed by atoms with E-state index >= 15 is 0 Å². The molecule has 18 heavy (non-hydrogen) atoms. The Kier molecular flexibility index (Phi) is 3.72. The monoisotopic (exact) mass is 252 g/mol. The molecule has 5 heteroatoms. The van der Waals surface area contributed by atoms with Crippen LogP contribution in [0.3, 0.4) is 0 Å². The lowest BCUT2D eigenvalue weighted by Crippen LogP contribution is -2.20. The van der Waals surface area contributed by atoms with Gasteiger partial charge in [0.1, 0.15) is 13.2 Å². The maximum Gasteiger partial charge on any atom is 0.310 e. The van der Waals surface area contributed by atoms with Crippen LogP contribution < -0.4 is 9.47 Å². The van der Waals surface area contributed by atoms with Gasteiger partial charge in [0.25, 0.3) is 0 Å². The molecular formula is C13H16O5. The first-order chi connectivity index (χ1) is 8.65. The van der Waals surface area contributed by atoms with Crippen molar-refractivity contribution < 1.29 is 24.1 Å². The molecule has 0 spiro atoms. The molecule has 0 bridgehead atoms. The summed E-state index contributed by atoms with van der Waals surface area (Å²) >= 11 is 0. The highest BCUT2D eigenvalue weighted by Crippen LogP contribution is 2.40. The number of hydrogen-bond acceptors (Lipinski definition) is 4. The van der Waals surface area contributed by atoms with Gasteiger partial charge in [-0.3, -0.25) is 4.79 Å². The van der Waals surface area contributed by atoms with Gasteiger partial charge < -0.3 is 19.3 Å². The molecule has 0 amide bonds. The molecule has 0 radical (unpaired) electrons. The van der Waals surface area contributed by atoms with Crippen LogP contribution in [0.2, 0.25) is 0 Å². The smallest absolute Gasteiger partial charge is 0.310 e. The van der Waals surface area contributed by atoms with Crippen LogP contribution in [0, 0.1) is 0 Å². The van der Waals surface area contributed by atoms with Crippen molar-refractivity contribution in [1.29, 1.82) is 0 Å². The number of rotatable bonds is 4. The van der Waals surface area contributed by atoms with E-state index in [9.17, 15) is 4.79 Å². The van der Waals surface area contributed by atoms with Gasteiger partial charge in [0.15, 0.2) is 11.5 Å². The molecule has 0 aromatic heterocycles. The fourth-order valence-electron chi connectivity index (χ4n) is 1.96. The Hall–Kier alpha value is -1.75. The summed E-state index contributed by atoms with van der Waals surface area (Å²) in [6.07, 6.45) is 0. The fourth-order valence-corrected chi connectivity index (χ4v) is 1.96. The minimum Gasteiger partial charge on any atom is -0.486 e. The molecule has 1 N–H and O–H groups in total. The van der Waals surface area contributed by atoms with E-state index in [-0.39, 0.29) is 0 Å². The molecule has 0 fully saturated rings. The highest BCUT2D eigenvalue weighted by Gasteiger charge is 2.25. The summed E-state index contributed by atoms with van der Waals surface area (Å²) in [5.74, 6) is -0.373. The Morgan fingerprint density at radius 1 is 1.39 bits per heavy atom. The predicted molar refractivity (Wildman–Crippen MR) is 64.2 cm³/mol. The van der Waals surface area contributed by atoms with E-state index in [0.29, 0.717) is 36.9 Å². The topological polar surface area (TPSA) is 65.0 Å². The molecule has 0 aliphatic carbocycles. The van der Waals surface area contributed by atoms with E-state index < -0.39 is 11.9 Å². The average Bonchev–Trinajstić information content (AvgIpc) is 2.38. The normalized spacial score (nSPS) is 15.2. The molecule has 1 aliphatic rings. The van der Waals surface area contributed by atoms with Crippen LogP contribution in [0.4, 0.5) is 0 Å². The Labute approximate surface area is 105 Å². The van der Waals surface area contributed by atoms with E-state index in [2.05, 4.69) is 0 Å². The quantitative estimate of drug-likeness (QED) is 0.885. The Balaban J connectivity index is 2.46. The zero-order chi connectivity index (χ0) is 13.1. The van der Waals surface area contributed by atoms with Gasteiger partial charge in [-0.2, -0.15) is 0 Å². The van der Waals surface area contributed by atoms with E-state index in [1.807, 2.05) is 6.07 Å². The molecular weight excluding hydrogens is 236 g/mol. The Morgan fingerprint density at radius 2 is 2.06 bits per heavy atom. The minimum atomic E-state index is -0.883. The maximum atomic E-state index is 11.1. The third-order valence-electron chi connectivity index (χ3n) is 2.94. The van der Waals surface area contributed by atoms with Crippen molar-refractivity contribution in [3.63, 3.8) is 0 Å². The Morgan fingerprint density at radius 3 is 2.67 bits per heavy atom. The number of carboxylic acid groups (broad SMARTS) is 1. The summed E-state index contributed by atoms with van der Waals surface area (Å²) in [5.41, 5.74) is 1.51. The first-order valence-electron chi connectivity index (χ1n) is 5.78. The predicted octanol–water partition coefficient (Wildman–Crippen LogP) is 1.79. The number of carboxylic acids is 1. The van der Waals surface area contributed by atoms with Crippen molar-refractivity contribution in [2.24, 2.45) is 0 Å². The Bertz CT molecular complexity index is 455. The summed E-state index contributed by atoms with van der Waals surface area (Å²) in [7, 11) is 1.60. The lowest BCUT2D eigenvalue weighted by molar-refractivity contribution is -0.138. The number of ether oxygens (including phenoxy) is 3. The molecule has 98 valence electrons. The molecule has 1 aromatic rings. The van der Waals surface area contributed by atoms with Gasteiger partial charge in [0.05, 0.1) is 12.5 Å². The molecule has 1 atom stereocenters. The number of aliphatic carboxylic acids is 1. The first-order valence-corrected chi connectivity index (χ1v) is 5.78. The van der Waals surface area contributed by atoms with Crippen LogP contribution in [0.5, 0.6) is 11.5 Å². The number of benzene rings is 1. The van der Waals surface area contributed by atoms with Gasteiger partial charge in [-0.05, 0) is 6.92 Å². The van der Waals surface area contributed by atoms with Crippen LogP contribution >= 0.6 is 0 Å². The van der Waals surface area contributed by atoms with Crippen molar-refractivity contribution in [3.05, 3.63) is 23.3 Å². The van der Waals surface area contributed by atoms with Crippen molar-refractivity contribution in [1.82, 2.24) is 0 Å². The summed E-state index contributed by atoms with van der Waals surface area (Å²) in [5, 5.41) is 9.09. The van der Waals surface area contributed by atoms with Crippen molar-refractivity contribution in [2.45, 2.75) is 19.4 Å². The lowest BCUT2D eigenvalue weighted by atomic mass is 9.97. The number of fused-ring (bicyclic) bond motifs is 1. The molecule has 0 saturated carbocycles. The summed E-state index contributed by atoms with van der Waals surface area (Å²) in [6.45, 7) is 2.94. The lowest BCUT2D eigenvalue weighted by Gasteiger charge is -2.24. The molecule has 1 aliphatic heterocycles. The van der Waals surface area contributed by atoms with Gasteiger partial charge in [-0.15, -0.1) is 0 Å². The van der Waals surface area contributed by atoms with Crippen LogP contribution in [-0.4, -0.2) is 31.4 Å². The third kappa shape index (κ3) is 2.26. The SMILES string of the molecule is COCc1ccc(C(C)C(=O)O)c2c1OCCO2. The van der Waals surface area contributed by atoms with Crippen LogP contribution in [0.15, 0.2) is 12.1 Å². The second kappa shape index (κ2) is 5.27. The minimum absolute atomic E-state index is 0.410. The zero-order valence-electron chi connectivity index (χ0n) is 10.4. The maximum absolute atomic E-state index is 11.1. The molecule has 5 nitrogen and oxygen atoms in total. The van der Waals surface area contributed by atoms with Crippen LogP contribution in [0.25, 0.3) is 0 Å². The van der Waals surface area contributed by atoms with Gasteiger partial charge >= 0.3 is 5.97 Å². The first kappa shape index (κ1) is 12.7. The molecule has 2 rings (SSSR count). The van der Waals surface area contributed by atoms with Crippen molar-refractivity contribution in [2.75, 3.05) is 20.3 Å². The van der Waals surface area contributed by atoms with E-state index in [1.54, 1.807) is 20.1 Å². The van der Waals surface area contributed by atoms with E-state index in [0.717, 1.165) is 5.56 Å². The number of methoxy groups -OCH3 is 1. The van der Waals surface area contributed by atoms with E-state index in [1.165, 1.54) is 0 Å². The van der Waals surface area contributed by atoms with Crippen molar-refractivity contribution >= 4 is 5.97 Å². The largest absolute Gasteiger partial charge is 0.486 e. The molecule has 0 saturated heterocycles. The standard InChI is InChI=1S/C13H16O5/c1-8(13(14)15)10-4-3-9(7-16-2)11-12(10)18-6-5-17-11/h3-4,8H,5-7H2,1-2H3,(H,14,15). The summed E-state index contributed by atoms with van der Waals surface area (Å²) in [4.78, 5) is 11.1. The van der Waals surface area contributed by atoms with Crippen LogP contribution in [-0.2, 0) is 16.1 Å². The zero-order valence-corrected chi connectivity index (χ0v) is 10.4. The van der Waals surface area contributed by atoms with E-state index in [4.69, 9.17) is 19.3 Å². The van der Waals surface area contributed by atoms with Gasteiger partial charge in [0, 0.05) is 18.2 Å². The van der Waals surface area contributed by atoms with Crippen molar-refractivity contribution in [3.8, 4) is 11.5 Å². The molecule has 1 heterocycles. The average molecular weight is 252 g/mol. The number of hydrogen-bond donors (Lipinski definition) is 1. The number of carbonyl (C=O) groups is 1. The summed E-state index contributed by atoms with van der Waals surface area (Å²) < 4.78 is 16.2. The molecule has 1 aromatic carbocycles. The van der Waals surface area contributed by atoms with Gasteiger partial charge in [-0.1, -0.05) is 12.1 Å². The highest BCUT2D eigenvalue weighted by atomic mass is 16.6. The van der Waals surface area contributed by atoms with Crippen LogP contribution in [0.1, 0.15) is 24.0 Å².